The molecule has 4 rings (SSSR count). The second-order valence-corrected chi connectivity index (χ2v) is 10.6. The largest absolute Gasteiger partial charge is 0.276 e. The van der Waals surface area contributed by atoms with Crippen LogP contribution in [0.2, 0.25) is 0 Å². The maximum Gasteiger partial charge on any atom is 0.276 e. The Morgan fingerprint density at radius 2 is 1.28 bits per heavy atom. The molecular formula is C27H30N2O2S. The van der Waals surface area contributed by atoms with E-state index in [-0.39, 0.29) is 10.3 Å². The number of aryl methyl sites for hydroxylation is 3. The average Bonchev–Trinajstić information content (AvgIpc) is 2.79. The van der Waals surface area contributed by atoms with Crippen molar-refractivity contribution in [1.29, 1.82) is 0 Å². The Hall–Kier alpha value is -2.92. The summed E-state index contributed by atoms with van der Waals surface area (Å²) < 4.78 is 25.1. The van der Waals surface area contributed by atoms with Gasteiger partial charge in [0.25, 0.3) is 10.0 Å². The summed E-state index contributed by atoms with van der Waals surface area (Å²) >= 11 is 0. The molecule has 0 atom stereocenters. The van der Waals surface area contributed by atoms with Crippen molar-refractivity contribution in [2.24, 2.45) is 10.5 Å². The molecule has 1 fully saturated rings. The zero-order valence-corrected chi connectivity index (χ0v) is 19.3. The molecule has 0 amide bonds. The maximum absolute atomic E-state index is 12.6. The first-order chi connectivity index (χ1) is 15.4. The van der Waals surface area contributed by atoms with Gasteiger partial charge >= 0.3 is 0 Å². The van der Waals surface area contributed by atoms with Gasteiger partial charge in [-0.15, -0.1) is 0 Å². The van der Waals surface area contributed by atoms with Crippen LogP contribution >= 0.6 is 0 Å². The van der Waals surface area contributed by atoms with E-state index in [1.165, 1.54) is 11.1 Å². The van der Waals surface area contributed by atoms with Gasteiger partial charge in [0.1, 0.15) is 0 Å². The maximum atomic E-state index is 12.6. The third-order valence-electron chi connectivity index (χ3n) is 6.39. The van der Waals surface area contributed by atoms with Crippen LogP contribution in [0.4, 0.5) is 0 Å². The van der Waals surface area contributed by atoms with Gasteiger partial charge in [0.2, 0.25) is 0 Å². The molecule has 3 aromatic rings. The van der Waals surface area contributed by atoms with Gasteiger partial charge in [-0.25, -0.2) is 4.83 Å². The first kappa shape index (κ1) is 22.3. The summed E-state index contributed by atoms with van der Waals surface area (Å²) in [7, 11) is -3.63. The molecule has 1 N–H and O–H groups in total. The lowest BCUT2D eigenvalue weighted by Gasteiger charge is -2.43. The van der Waals surface area contributed by atoms with Gasteiger partial charge in [0, 0.05) is 5.71 Å². The van der Waals surface area contributed by atoms with Crippen molar-refractivity contribution in [3.63, 3.8) is 0 Å². The van der Waals surface area contributed by atoms with Crippen molar-refractivity contribution < 1.29 is 8.42 Å². The molecule has 0 aromatic heterocycles. The molecule has 0 radical (unpaired) electrons. The smallest absolute Gasteiger partial charge is 0.200 e. The van der Waals surface area contributed by atoms with Gasteiger partial charge in [0.15, 0.2) is 0 Å². The van der Waals surface area contributed by atoms with Crippen molar-refractivity contribution in [2.75, 3.05) is 0 Å². The van der Waals surface area contributed by atoms with Crippen LogP contribution in [-0.4, -0.2) is 14.1 Å². The normalized spacial score (nSPS) is 15.1. The molecule has 1 saturated carbocycles. The van der Waals surface area contributed by atoms with E-state index in [2.05, 4.69) is 58.5 Å². The van der Waals surface area contributed by atoms with E-state index < -0.39 is 10.0 Å². The third-order valence-corrected chi connectivity index (χ3v) is 7.61. The quantitative estimate of drug-likeness (QED) is 0.430. The van der Waals surface area contributed by atoms with Crippen LogP contribution in [0, 0.1) is 12.3 Å². The molecule has 0 heterocycles. The molecule has 0 bridgehead atoms. The van der Waals surface area contributed by atoms with Crippen molar-refractivity contribution in [3.8, 4) is 0 Å². The van der Waals surface area contributed by atoms with E-state index in [1.54, 1.807) is 24.3 Å². The van der Waals surface area contributed by atoms with Crippen LogP contribution in [0.1, 0.15) is 42.4 Å². The molecule has 3 aromatic carbocycles. The van der Waals surface area contributed by atoms with Crippen LogP contribution < -0.4 is 4.83 Å². The minimum Gasteiger partial charge on any atom is -0.200 e. The number of sulfonamides is 1. The van der Waals surface area contributed by atoms with Gasteiger partial charge in [-0.2, -0.15) is 13.5 Å². The van der Waals surface area contributed by atoms with E-state index in [4.69, 9.17) is 0 Å². The molecule has 32 heavy (non-hydrogen) atoms. The van der Waals surface area contributed by atoms with Gasteiger partial charge in [-0.3, -0.25) is 0 Å². The van der Waals surface area contributed by atoms with Crippen LogP contribution in [0.3, 0.4) is 0 Å². The summed E-state index contributed by atoms with van der Waals surface area (Å²) in [5, 5.41) is 4.28. The van der Waals surface area contributed by atoms with Crippen LogP contribution in [0.5, 0.6) is 0 Å². The highest BCUT2D eigenvalue weighted by Gasteiger charge is 2.41. The highest BCUT2D eigenvalue weighted by Crippen LogP contribution is 2.46. The second kappa shape index (κ2) is 9.70. The van der Waals surface area contributed by atoms with E-state index in [0.717, 1.165) is 49.8 Å². The molecule has 0 unspecified atom stereocenters. The third kappa shape index (κ3) is 5.65. The predicted molar refractivity (Wildman–Crippen MR) is 130 cm³/mol. The lowest BCUT2D eigenvalue weighted by Crippen LogP contribution is -2.40. The summed E-state index contributed by atoms with van der Waals surface area (Å²) in [6.07, 6.45) is 5.88. The minimum atomic E-state index is -3.63. The van der Waals surface area contributed by atoms with Crippen molar-refractivity contribution in [3.05, 3.63) is 102 Å². The van der Waals surface area contributed by atoms with E-state index in [1.807, 2.05) is 19.1 Å². The van der Waals surface area contributed by atoms with Crippen molar-refractivity contribution >= 4 is 15.7 Å². The highest BCUT2D eigenvalue weighted by molar-refractivity contribution is 7.89. The summed E-state index contributed by atoms with van der Waals surface area (Å²) in [4.78, 5) is 2.68. The Labute approximate surface area is 191 Å². The lowest BCUT2D eigenvalue weighted by molar-refractivity contribution is 0.217. The first-order valence-corrected chi connectivity index (χ1v) is 12.6. The number of hydrazone groups is 1. The Bertz CT molecular complexity index is 1100. The molecule has 0 spiro atoms. The van der Waals surface area contributed by atoms with E-state index in [9.17, 15) is 8.42 Å². The zero-order chi connectivity index (χ0) is 22.4. The Kier molecular flexibility index (Phi) is 6.75. The lowest BCUT2D eigenvalue weighted by atomic mass is 9.61. The fraction of sp³-hybridized carbons (Fsp3) is 0.296. The Morgan fingerprint density at radius 1 is 0.781 bits per heavy atom. The number of hydrogen-bond donors (Lipinski definition) is 1. The summed E-state index contributed by atoms with van der Waals surface area (Å²) in [5.74, 6) is 0. The molecule has 0 aliphatic heterocycles. The fourth-order valence-electron chi connectivity index (χ4n) is 4.37. The van der Waals surface area contributed by atoms with Crippen LogP contribution in [0.15, 0.2) is 94.9 Å². The number of rotatable bonds is 9. The number of nitrogens with one attached hydrogen (secondary N) is 1. The molecule has 5 heteroatoms. The number of nitrogens with zero attached hydrogens (tertiary/aromatic N) is 1. The van der Waals surface area contributed by atoms with Crippen LogP contribution in [0.25, 0.3) is 0 Å². The molecular weight excluding hydrogens is 416 g/mol. The summed E-state index contributed by atoms with van der Waals surface area (Å²) in [5.41, 5.74) is 4.81. The molecule has 166 valence electrons. The molecule has 0 saturated heterocycles. The summed E-state index contributed by atoms with van der Waals surface area (Å²) in [6, 6.07) is 27.9. The van der Waals surface area contributed by atoms with E-state index >= 15 is 0 Å². The number of hydrogen-bond acceptors (Lipinski definition) is 3. The first-order valence-electron chi connectivity index (χ1n) is 11.2. The topological polar surface area (TPSA) is 58.5 Å². The molecule has 1 aliphatic carbocycles. The predicted octanol–water partition coefficient (Wildman–Crippen LogP) is 5.68. The van der Waals surface area contributed by atoms with Gasteiger partial charge in [0.05, 0.1) is 4.90 Å². The summed E-state index contributed by atoms with van der Waals surface area (Å²) in [6.45, 7) is 1.93. The standard InChI is InChI=1S/C27H30N2O2S/c1-22-12-14-26(15-13-22)32(30,31)29-28-25-20-27(21-25,18-16-23-8-4-2-5-9-23)19-17-24-10-6-3-7-11-24/h2-15,29H,16-21H2,1H3. The SMILES string of the molecule is Cc1ccc(S(=O)(=O)NN=C2CC(CCc3ccccc3)(CCc3ccccc3)C2)cc1. The van der Waals surface area contributed by atoms with Crippen molar-refractivity contribution in [1.82, 2.24) is 4.83 Å². The Balaban J connectivity index is 1.41. The van der Waals surface area contributed by atoms with E-state index in [0.29, 0.717) is 0 Å². The second-order valence-electron chi connectivity index (χ2n) is 8.91. The monoisotopic (exact) mass is 446 g/mol. The zero-order valence-electron chi connectivity index (χ0n) is 18.5. The van der Waals surface area contributed by atoms with Crippen molar-refractivity contribution in [2.45, 2.75) is 50.3 Å². The highest BCUT2D eigenvalue weighted by atomic mass is 32.2. The Morgan fingerprint density at radius 3 is 1.78 bits per heavy atom. The van der Waals surface area contributed by atoms with Gasteiger partial charge < -0.3 is 0 Å². The van der Waals surface area contributed by atoms with Gasteiger partial charge in [-0.05, 0) is 74.1 Å². The number of benzene rings is 3. The van der Waals surface area contributed by atoms with Gasteiger partial charge in [-0.1, -0.05) is 78.4 Å². The average molecular weight is 447 g/mol. The molecule has 1 aliphatic rings. The fourth-order valence-corrected chi connectivity index (χ4v) is 5.22. The van der Waals surface area contributed by atoms with Crippen LogP contribution in [-0.2, 0) is 22.9 Å². The molecule has 4 nitrogen and oxygen atoms in total. The minimum absolute atomic E-state index is 0.166.